The van der Waals surface area contributed by atoms with Crippen LogP contribution in [0.3, 0.4) is 0 Å². The number of fused-ring (bicyclic) bond motifs is 1. The Bertz CT molecular complexity index is 1100. The largest absolute Gasteiger partial charge is 0.353 e. The number of aryl methyl sites for hydroxylation is 1. The van der Waals surface area contributed by atoms with Crippen molar-refractivity contribution >= 4 is 22.8 Å². The Labute approximate surface area is 149 Å². The fourth-order valence-corrected chi connectivity index (χ4v) is 2.87. The summed E-state index contributed by atoms with van der Waals surface area (Å²) in [5.41, 5.74) is 5.30. The van der Waals surface area contributed by atoms with Gasteiger partial charge in [0.1, 0.15) is 11.6 Å². The van der Waals surface area contributed by atoms with Gasteiger partial charge in [0.05, 0.1) is 16.7 Å². The van der Waals surface area contributed by atoms with E-state index in [2.05, 4.69) is 30.2 Å². The van der Waals surface area contributed by atoms with E-state index in [0.29, 0.717) is 11.6 Å². The first-order chi connectivity index (χ1) is 12.6. The van der Waals surface area contributed by atoms with Gasteiger partial charge in [-0.25, -0.2) is 15.0 Å². The molecule has 0 aliphatic heterocycles. The molecule has 0 radical (unpaired) electrons. The van der Waals surface area contributed by atoms with E-state index in [1.165, 1.54) is 6.92 Å². The minimum absolute atomic E-state index is 0.167. The number of aromatic nitrogens is 5. The highest BCUT2D eigenvalue weighted by Crippen LogP contribution is 2.37. The van der Waals surface area contributed by atoms with Crippen molar-refractivity contribution in [3.63, 3.8) is 0 Å². The first kappa shape index (κ1) is 15.9. The molecule has 7 nitrogen and oxygen atoms in total. The van der Waals surface area contributed by atoms with Crippen LogP contribution in [0.25, 0.3) is 33.4 Å². The monoisotopic (exact) mass is 344 g/mol. The second-order valence-electron chi connectivity index (χ2n) is 5.90. The van der Waals surface area contributed by atoms with Crippen molar-refractivity contribution in [1.29, 1.82) is 0 Å². The Morgan fingerprint density at radius 1 is 1.04 bits per heavy atom. The number of carbonyl (C=O) groups is 1. The lowest BCUT2D eigenvalue weighted by atomic mass is 10.0. The lowest BCUT2D eigenvalue weighted by molar-refractivity contribution is -0.114. The lowest BCUT2D eigenvalue weighted by Crippen LogP contribution is -2.07. The molecule has 0 aromatic carbocycles. The van der Waals surface area contributed by atoms with E-state index in [0.717, 1.165) is 33.4 Å². The second-order valence-corrected chi connectivity index (χ2v) is 5.90. The molecule has 0 unspecified atom stereocenters. The van der Waals surface area contributed by atoms with Gasteiger partial charge in [0.25, 0.3) is 0 Å². The second kappa shape index (κ2) is 6.36. The Kier molecular flexibility index (Phi) is 3.89. The van der Waals surface area contributed by atoms with Crippen LogP contribution in [0, 0.1) is 6.92 Å². The maximum atomic E-state index is 11.3. The summed E-state index contributed by atoms with van der Waals surface area (Å²) in [5, 5.41) is 2.71. The standard InChI is InChI=1S/C19H16N6O/c1-11-22-9-14(10-23-11)17-18(25-15-4-3-6-21-19(15)17)13-5-7-20-16(8-13)24-12(2)26/h3-10,25H,1-2H3,(H,20,24,26). The summed E-state index contributed by atoms with van der Waals surface area (Å²) in [6.45, 7) is 3.30. The highest BCUT2D eigenvalue weighted by molar-refractivity contribution is 6.01. The Morgan fingerprint density at radius 2 is 1.85 bits per heavy atom. The van der Waals surface area contributed by atoms with Gasteiger partial charge < -0.3 is 10.3 Å². The number of rotatable bonds is 3. The molecule has 0 spiro atoms. The van der Waals surface area contributed by atoms with Crippen molar-refractivity contribution in [2.75, 3.05) is 5.32 Å². The summed E-state index contributed by atoms with van der Waals surface area (Å²) in [5.74, 6) is 1.03. The van der Waals surface area contributed by atoms with E-state index in [9.17, 15) is 4.79 Å². The molecule has 26 heavy (non-hydrogen) atoms. The molecule has 2 N–H and O–H groups in total. The Hall–Kier alpha value is -3.61. The maximum absolute atomic E-state index is 11.3. The van der Waals surface area contributed by atoms with E-state index < -0.39 is 0 Å². The molecule has 4 rings (SSSR count). The van der Waals surface area contributed by atoms with Crippen molar-refractivity contribution in [3.05, 3.63) is 54.9 Å². The fourth-order valence-electron chi connectivity index (χ4n) is 2.87. The molecule has 4 aromatic heterocycles. The highest BCUT2D eigenvalue weighted by Gasteiger charge is 2.17. The third-order valence-electron chi connectivity index (χ3n) is 3.98. The average molecular weight is 344 g/mol. The molecular formula is C19H16N6O. The molecule has 0 fully saturated rings. The van der Waals surface area contributed by atoms with Crippen LogP contribution in [0.2, 0.25) is 0 Å². The average Bonchev–Trinajstić information content (AvgIpc) is 3.02. The van der Waals surface area contributed by atoms with Gasteiger partial charge in [0.15, 0.2) is 0 Å². The van der Waals surface area contributed by atoms with E-state index >= 15 is 0 Å². The smallest absolute Gasteiger partial charge is 0.222 e. The van der Waals surface area contributed by atoms with Crippen LogP contribution in [-0.2, 0) is 4.79 Å². The third-order valence-corrected chi connectivity index (χ3v) is 3.98. The Morgan fingerprint density at radius 3 is 2.62 bits per heavy atom. The topological polar surface area (TPSA) is 96.5 Å². The molecule has 0 atom stereocenters. The summed E-state index contributed by atoms with van der Waals surface area (Å²) in [7, 11) is 0. The van der Waals surface area contributed by atoms with Gasteiger partial charge in [-0.05, 0) is 31.2 Å². The zero-order chi connectivity index (χ0) is 18.1. The number of H-pyrrole nitrogens is 1. The summed E-state index contributed by atoms with van der Waals surface area (Å²) in [6, 6.07) is 7.56. The van der Waals surface area contributed by atoms with E-state index in [1.807, 2.05) is 31.2 Å². The molecule has 4 heterocycles. The minimum Gasteiger partial charge on any atom is -0.353 e. The number of anilines is 1. The molecule has 7 heteroatoms. The molecule has 0 saturated heterocycles. The van der Waals surface area contributed by atoms with E-state index in [1.54, 1.807) is 24.8 Å². The highest BCUT2D eigenvalue weighted by atomic mass is 16.1. The normalized spacial score (nSPS) is 10.8. The number of amides is 1. The number of pyridine rings is 2. The predicted molar refractivity (Wildman–Crippen MR) is 99.4 cm³/mol. The summed E-state index contributed by atoms with van der Waals surface area (Å²) in [6.07, 6.45) is 7.00. The summed E-state index contributed by atoms with van der Waals surface area (Å²) < 4.78 is 0. The van der Waals surface area contributed by atoms with Crippen LogP contribution in [0.15, 0.2) is 49.1 Å². The molecule has 0 aliphatic carbocycles. The third kappa shape index (κ3) is 2.90. The first-order valence-corrected chi connectivity index (χ1v) is 8.11. The van der Waals surface area contributed by atoms with Gasteiger partial charge in [-0.2, -0.15) is 0 Å². The van der Waals surface area contributed by atoms with Crippen LogP contribution in [-0.4, -0.2) is 30.8 Å². The van der Waals surface area contributed by atoms with E-state index in [-0.39, 0.29) is 5.91 Å². The Balaban J connectivity index is 1.94. The van der Waals surface area contributed by atoms with Gasteiger partial charge in [-0.1, -0.05) is 0 Å². The van der Waals surface area contributed by atoms with Gasteiger partial charge in [0, 0.05) is 48.4 Å². The molecule has 0 bridgehead atoms. The van der Waals surface area contributed by atoms with Crippen molar-refractivity contribution in [3.8, 4) is 22.4 Å². The predicted octanol–water partition coefficient (Wildman–Crippen LogP) is 3.35. The quantitative estimate of drug-likeness (QED) is 0.594. The van der Waals surface area contributed by atoms with Crippen LogP contribution in [0.5, 0.6) is 0 Å². The SMILES string of the molecule is CC(=O)Nc1cc(-c2[nH]c3cccnc3c2-c2cnc(C)nc2)ccn1. The number of aromatic amines is 1. The van der Waals surface area contributed by atoms with Gasteiger partial charge in [-0.15, -0.1) is 0 Å². The zero-order valence-corrected chi connectivity index (χ0v) is 14.3. The van der Waals surface area contributed by atoms with Gasteiger partial charge in [-0.3, -0.25) is 9.78 Å². The maximum Gasteiger partial charge on any atom is 0.222 e. The number of nitrogens with one attached hydrogen (secondary N) is 2. The number of nitrogens with zero attached hydrogens (tertiary/aromatic N) is 4. The van der Waals surface area contributed by atoms with Crippen molar-refractivity contribution in [2.45, 2.75) is 13.8 Å². The molecule has 1 amide bonds. The van der Waals surface area contributed by atoms with Crippen LogP contribution >= 0.6 is 0 Å². The van der Waals surface area contributed by atoms with Gasteiger partial charge in [0.2, 0.25) is 5.91 Å². The lowest BCUT2D eigenvalue weighted by Gasteiger charge is -2.07. The van der Waals surface area contributed by atoms with Crippen LogP contribution in [0.4, 0.5) is 5.82 Å². The van der Waals surface area contributed by atoms with Gasteiger partial charge >= 0.3 is 0 Å². The van der Waals surface area contributed by atoms with Crippen molar-refractivity contribution < 1.29 is 4.79 Å². The fraction of sp³-hybridized carbons (Fsp3) is 0.105. The summed E-state index contributed by atoms with van der Waals surface area (Å²) in [4.78, 5) is 32.1. The van der Waals surface area contributed by atoms with Crippen LogP contribution < -0.4 is 5.32 Å². The van der Waals surface area contributed by atoms with Crippen molar-refractivity contribution in [2.24, 2.45) is 0 Å². The molecular weight excluding hydrogens is 328 g/mol. The van der Waals surface area contributed by atoms with Crippen molar-refractivity contribution in [1.82, 2.24) is 24.9 Å². The first-order valence-electron chi connectivity index (χ1n) is 8.11. The van der Waals surface area contributed by atoms with Crippen LogP contribution in [0.1, 0.15) is 12.7 Å². The summed E-state index contributed by atoms with van der Waals surface area (Å²) >= 11 is 0. The number of carbonyl (C=O) groups excluding carboxylic acids is 1. The molecule has 0 saturated carbocycles. The number of hydrogen-bond acceptors (Lipinski definition) is 5. The zero-order valence-electron chi connectivity index (χ0n) is 14.3. The molecule has 4 aromatic rings. The minimum atomic E-state index is -0.167. The molecule has 128 valence electrons. The number of hydrogen-bond donors (Lipinski definition) is 2. The molecule has 0 aliphatic rings. The van der Waals surface area contributed by atoms with E-state index in [4.69, 9.17) is 0 Å².